The quantitative estimate of drug-likeness (QED) is 0.849. The first-order valence-corrected chi connectivity index (χ1v) is 6.90. The zero-order chi connectivity index (χ0) is 13.0. The number of carbonyl (C=O) groups is 1. The van der Waals surface area contributed by atoms with Crippen molar-refractivity contribution in [3.8, 4) is 0 Å². The number of anilines is 1. The van der Waals surface area contributed by atoms with Crippen molar-refractivity contribution >= 4 is 23.2 Å². The van der Waals surface area contributed by atoms with Gasteiger partial charge in [0.15, 0.2) is 0 Å². The third-order valence-corrected chi connectivity index (χ3v) is 3.64. The summed E-state index contributed by atoms with van der Waals surface area (Å²) < 4.78 is 0. The molecule has 0 spiro atoms. The van der Waals surface area contributed by atoms with Crippen LogP contribution in [0.3, 0.4) is 0 Å². The number of nitrogens with zero attached hydrogens (tertiary/aromatic N) is 1. The van der Waals surface area contributed by atoms with Crippen LogP contribution in [0.5, 0.6) is 0 Å². The zero-order valence-electron chi connectivity index (χ0n) is 10.7. The van der Waals surface area contributed by atoms with Gasteiger partial charge in [0.25, 0.3) is 0 Å². The predicted molar refractivity (Wildman–Crippen MR) is 75.3 cm³/mol. The Balaban J connectivity index is 1.98. The lowest BCUT2D eigenvalue weighted by atomic mass is 10.2. The number of hydrogen-bond donors (Lipinski definition) is 1. The van der Waals surface area contributed by atoms with Crippen molar-refractivity contribution in [1.29, 1.82) is 0 Å². The molecule has 1 heterocycles. The number of nitrogens with one attached hydrogen (secondary N) is 1. The highest BCUT2D eigenvalue weighted by molar-refractivity contribution is 6.27. The molecule has 0 saturated carbocycles. The molecule has 1 aliphatic rings. The highest BCUT2D eigenvalue weighted by atomic mass is 35.5. The fourth-order valence-electron chi connectivity index (χ4n) is 2.40. The van der Waals surface area contributed by atoms with E-state index >= 15 is 0 Å². The molecule has 1 amide bonds. The maximum Gasteiger partial charge on any atom is 0.234 e. The smallest absolute Gasteiger partial charge is 0.234 e. The van der Waals surface area contributed by atoms with Crippen molar-refractivity contribution in [3.63, 3.8) is 0 Å². The summed E-state index contributed by atoms with van der Waals surface area (Å²) in [5.41, 5.74) is 2.51. The van der Waals surface area contributed by atoms with Gasteiger partial charge in [-0.05, 0) is 31.9 Å². The third kappa shape index (κ3) is 3.16. The largest absolute Gasteiger partial charge is 0.367 e. The normalized spacial score (nSPS) is 19.0. The van der Waals surface area contributed by atoms with Crippen molar-refractivity contribution < 1.29 is 4.79 Å². The van der Waals surface area contributed by atoms with E-state index < -0.39 is 0 Å². The minimum atomic E-state index is -0.0903. The summed E-state index contributed by atoms with van der Waals surface area (Å²) in [5.74, 6) is -0.0514. The van der Waals surface area contributed by atoms with E-state index in [0.29, 0.717) is 12.6 Å². The predicted octanol–water partition coefficient (Wildman–Crippen LogP) is 2.32. The van der Waals surface area contributed by atoms with Crippen molar-refractivity contribution in [1.82, 2.24) is 5.32 Å². The molecule has 1 fully saturated rings. The molecule has 98 valence electrons. The SMILES string of the molecule is Cc1ccc(N2CCC[C@@H]2CNC(=O)CCl)cc1. The minimum Gasteiger partial charge on any atom is -0.367 e. The van der Waals surface area contributed by atoms with Gasteiger partial charge in [-0.15, -0.1) is 11.6 Å². The number of hydrogen-bond acceptors (Lipinski definition) is 2. The molecule has 0 bridgehead atoms. The molecule has 2 rings (SSSR count). The van der Waals surface area contributed by atoms with Gasteiger partial charge in [0, 0.05) is 24.8 Å². The Morgan fingerprint density at radius 1 is 1.44 bits per heavy atom. The maximum absolute atomic E-state index is 11.2. The zero-order valence-corrected chi connectivity index (χ0v) is 11.4. The van der Waals surface area contributed by atoms with Gasteiger partial charge in [-0.3, -0.25) is 4.79 Å². The Morgan fingerprint density at radius 2 is 2.17 bits per heavy atom. The van der Waals surface area contributed by atoms with E-state index in [0.717, 1.165) is 13.0 Å². The van der Waals surface area contributed by atoms with E-state index in [-0.39, 0.29) is 11.8 Å². The van der Waals surface area contributed by atoms with Gasteiger partial charge in [0.1, 0.15) is 5.88 Å². The Kier molecular flexibility index (Phi) is 4.48. The molecular weight excluding hydrogens is 248 g/mol. The van der Waals surface area contributed by atoms with E-state index in [9.17, 15) is 4.79 Å². The van der Waals surface area contributed by atoms with E-state index in [2.05, 4.69) is 41.4 Å². The van der Waals surface area contributed by atoms with Gasteiger partial charge in [0.2, 0.25) is 5.91 Å². The standard InChI is InChI=1S/C14H19ClN2O/c1-11-4-6-12(7-5-11)17-8-2-3-13(17)10-16-14(18)9-15/h4-7,13H,2-3,8-10H2,1H3,(H,16,18)/t13-/m1/s1. The van der Waals surface area contributed by atoms with Crippen LogP contribution in [-0.2, 0) is 4.79 Å². The first-order valence-electron chi connectivity index (χ1n) is 6.36. The van der Waals surface area contributed by atoms with E-state index in [1.807, 2.05) is 0 Å². The molecule has 3 nitrogen and oxygen atoms in total. The monoisotopic (exact) mass is 266 g/mol. The van der Waals surface area contributed by atoms with Crippen molar-refractivity contribution in [3.05, 3.63) is 29.8 Å². The lowest BCUT2D eigenvalue weighted by Crippen LogP contribution is -2.40. The molecule has 18 heavy (non-hydrogen) atoms. The lowest BCUT2D eigenvalue weighted by molar-refractivity contribution is -0.118. The summed E-state index contributed by atoms with van der Waals surface area (Å²) in [5, 5.41) is 2.87. The third-order valence-electron chi connectivity index (χ3n) is 3.40. The van der Waals surface area contributed by atoms with Crippen LogP contribution in [0.25, 0.3) is 0 Å². The Labute approximate surface area is 113 Å². The molecule has 1 saturated heterocycles. The average molecular weight is 267 g/mol. The summed E-state index contributed by atoms with van der Waals surface area (Å²) in [6.07, 6.45) is 2.30. The minimum absolute atomic E-state index is 0.0389. The molecule has 1 atom stereocenters. The van der Waals surface area contributed by atoms with Crippen molar-refractivity contribution in [2.75, 3.05) is 23.9 Å². The molecule has 4 heteroatoms. The molecule has 0 aliphatic carbocycles. The van der Waals surface area contributed by atoms with Crippen LogP contribution in [0.4, 0.5) is 5.69 Å². The topological polar surface area (TPSA) is 32.3 Å². The Hall–Kier alpha value is -1.22. The maximum atomic E-state index is 11.2. The van der Waals surface area contributed by atoms with E-state index in [1.165, 1.54) is 17.7 Å². The van der Waals surface area contributed by atoms with Gasteiger partial charge < -0.3 is 10.2 Å². The van der Waals surface area contributed by atoms with Crippen LogP contribution in [0.1, 0.15) is 18.4 Å². The number of benzene rings is 1. The molecular formula is C14H19ClN2O. The van der Waals surface area contributed by atoms with Crippen LogP contribution < -0.4 is 10.2 Å². The van der Waals surface area contributed by atoms with Crippen LogP contribution in [0.2, 0.25) is 0 Å². The summed E-state index contributed by atoms with van der Waals surface area (Å²) in [6, 6.07) is 8.94. The summed E-state index contributed by atoms with van der Waals surface area (Å²) in [6.45, 7) is 3.83. The van der Waals surface area contributed by atoms with Crippen LogP contribution in [0, 0.1) is 6.92 Å². The molecule has 0 unspecified atom stereocenters. The van der Waals surface area contributed by atoms with Crippen molar-refractivity contribution in [2.45, 2.75) is 25.8 Å². The van der Waals surface area contributed by atoms with Gasteiger partial charge >= 0.3 is 0 Å². The van der Waals surface area contributed by atoms with Gasteiger partial charge in [0.05, 0.1) is 0 Å². The highest BCUT2D eigenvalue weighted by Gasteiger charge is 2.24. The Morgan fingerprint density at radius 3 is 2.83 bits per heavy atom. The Bertz CT molecular complexity index is 405. The number of alkyl halides is 1. The second kappa shape index (κ2) is 6.10. The second-order valence-electron chi connectivity index (χ2n) is 4.76. The number of rotatable bonds is 4. The van der Waals surface area contributed by atoms with Gasteiger partial charge in [-0.1, -0.05) is 17.7 Å². The van der Waals surface area contributed by atoms with Gasteiger partial charge in [-0.2, -0.15) is 0 Å². The molecule has 1 aliphatic heterocycles. The van der Waals surface area contributed by atoms with E-state index in [1.54, 1.807) is 0 Å². The first kappa shape index (κ1) is 13.2. The van der Waals surface area contributed by atoms with Crippen LogP contribution in [-0.4, -0.2) is 30.9 Å². The van der Waals surface area contributed by atoms with Crippen molar-refractivity contribution in [2.24, 2.45) is 0 Å². The van der Waals surface area contributed by atoms with E-state index in [4.69, 9.17) is 11.6 Å². The average Bonchev–Trinajstić information content (AvgIpc) is 2.85. The summed E-state index contributed by atoms with van der Waals surface area (Å²) in [7, 11) is 0. The first-order chi connectivity index (χ1) is 8.70. The number of halogens is 1. The number of aryl methyl sites for hydroxylation is 1. The molecule has 0 radical (unpaired) electrons. The fraction of sp³-hybridized carbons (Fsp3) is 0.500. The molecule has 0 aromatic heterocycles. The van der Waals surface area contributed by atoms with Crippen LogP contribution >= 0.6 is 11.6 Å². The molecule has 1 aromatic carbocycles. The second-order valence-corrected chi connectivity index (χ2v) is 5.03. The molecule has 1 aromatic rings. The lowest BCUT2D eigenvalue weighted by Gasteiger charge is -2.27. The number of carbonyl (C=O) groups excluding carboxylic acids is 1. The fourth-order valence-corrected chi connectivity index (χ4v) is 2.50. The van der Waals surface area contributed by atoms with Gasteiger partial charge in [-0.25, -0.2) is 0 Å². The number of amides is 1. The summed E-state index contributed by atoms with van der Waals surface area (Å²) in [4.78, 5) is 13.6. The highest BCUT2D eigenvalue weighted by Crippen LogP contribution is 2.25. The van der Waals surface area contributed by atoms with Crippen LogP contribution in [0.15, 0.2) is 24.3 Å². The summed E-state index contributed by atoms with van der Waals surface area (Å²) >= 11 is 5.48. The molecule has 1 N–H and O–H groups in total.